The van der Waals surface area contributed by atoms with Gasteiger partial charge in [0.2, 0.25) is 0 Å². The van der Waals surface area contributed by atoms with Crippen LogP contribution in [0, 0.1) is 0 Å². The van der Waals surface area contributed by atoms with Crippen molar-refractivity contribution in [1.82, 2.24) is 4.98 Å². The first-order valence-corrected chi connectivity index (χ1v) is 7.33. The van der Waals surface area contributed by atoms with Crippen molar-refractivity contribution in [3.8, 4) is 11.3 Å². The molecule has 0 saturated carbocycles. The van der Waals surface area contributed by atoms with Gasteiger partial charge in [-0.15, -0.1) is 0 Å². The van der Waals surface area contributed by atoms with E-state index in [4.69, 9.17) is 5.73 Å². The monoisotopic (exact) mass is 315 g/mol. The summed E-state index contributed by atoms with van der Waals surface area (Å²) in [5, 5.41) is 0.356. The minimum absolute atomic E-state index is 0.241. The van der Waals surface area contributed by atoms with Crippen LogP contribution in [0.25, 0.3) is 11.3 Å². The Morgan fingerprint density at radius 2 is 1.90 bits per heavy atom. The highest BCUT2D eigenvalue weighted by atomic mass is 32.1. The molecule has 0 aliphatic heterocycles. The van der Waals surface area contributed by atoms with E-state index in [1.807, 2.05) is 30.3 Å². The van der Waals surface area contributed by atoms with Crippen molar-refractivity contribution in [1.29, 1.82) is 0 Å². The van der Waals surface area contributed by atoms with Crippen LogP contribution in [0.2, 0.25) is 0 Å². The molecule has 0 bridgehead atoms. The molecule has 0 spiro atoms. The van der Waals surface area contributed by atoms with Gasteiger partial charge in [-0.05, 0) is 6.92 Å². The first-order valence-electron chi connectivity index (χ1n) is 6.51. The second-order valence-corrected chi connectivity index (χ2v) is 5.53. The maximum absolute atomic E-state index is 12.6. The van der Waals surface area contributed by atoms with Crippen molar-refractivity contribution in [2.45, 2.75) is 19.6 Å². The van der Waals surface area contributed by atoms with Gasteiger partial charge < -0.3 is 10.6 Å². The van der Waals surface area contributed by atoms with Crippen molar-refractivity contribution >= 4 is 16.5 Å². The van der Waals surface area contributed by atoms with Gasteiger partial charge in [0.1, 0.15) is 6.54 Å². The summed E-state index contributed by atoms with van der Waals surface area (Å²) >= 11 is 1.22. The molecule has 2 aromatic rings. The lowest BCUT2D eigenvalue weighted by Gasteiger charge is -2.21. The molecule has 0 saturated heterocycles. The van der Waals surface area contributed by atoms with Crippen molar-refractivity contribution in [3.05, 3.63) is 35.2 Å². The minimum Gasteiger partial charge on any atom is -0.339 e. The first kappa shape index (κ1) is 15.8. The van der Waals surface area contributed by atoms with Gasteiger partial charge >= 0.3 is 6.18 Å². The van der Waals surface area contributed by atoms with E-state index in [0.29, 0.717) is 10.8 Å². The van der Waals surface area contributed by atoms with Gasteiger partial charge in [0.05, 0.1) is 5.69 Å². The standard InChI is InChI=1S/C14H16F3N3S/c1-2-20(9-14(15,16)17)13-19-12(11(8-18)21-13)10-6-4-3-5-7-10/h3-7H,2,8-9,18H2,1H3. The van der Waals surface area contributed by atoms with E-state index in [1.54, 1.807) is 6.92 Å². The lowest BCUT2D eigenvalue weighted by atomic mass is 10.1. The van der Waals surface area contributed by atoms with Crippen molar-refractivity contribution in [3.63, 3.8) is 0 Å². The Kier molecular flexibility index (Phi) is 4.84. The molecule has 0 amide bonds. The van der Waals surface area contributed by atoms with Gasteiger partial charge in [-0.25, -0.2) is 4.98 Å². The second kappa shape index (κ2) is 6.44. The van der Waals surface area contributed by atoms with Crippen LogP contribution in [0.4, 0.5) is 18.3 Å². The lowest BCUT2D eigenvalue weighted by molar-refractivity contribution is -0.119. The highest BCUT2D eigenvalue weighted by molar-refractivity contribution is 7.16. The summed E-state index contributed by atoms with van der Waals surface area (Å²) in [6.07, 6.45) is -4.25. The number of nitrogens with zero attached hydrogens (tertiary/aromatic N) is 2. The number of halogens is 3. The molecule has 1 heterocycles. The third kappa shape index (κ3) is 3.95. The van der Waals surface area contributed by atoms with Gasteiger partial charge in [-0.3, -0.25) is 0 Å². The summed E-state index contributed by atoms with van der Waals surface area (Å²) < 4.78 is 37.8. The molecular formula is C14H16F3N3S. The average Bonchev–Trinajstić information content (AvgIpc) is 2.89. The largest absolute Gasteiger partial charge is 0.406 e. The van der Waals surface area contributed by atoms with Crippen LogP contribution in [-0.2, 0) is 6.54 Å². The van der Waals surface area contributed by atoms with E-state index >= 15 is 0 Å². The maximum atomic E-state index is 12.6. The third-order valence-electron chi connectivity index (χ3n) is 2.94. The molecule has 2 N–H and O–H groups in total. The summed E-state index contributed by atoms with van der Waals surface area (Å²) in [5.74, 6) is 0. The molecule has 2 rings (SSSR count). The zero-order valence-corrected chi connectivity index (χ0v) is 12.3. The fourth-order valence-electron chi connectivity index (χ4n) is 1.97. The van der Waals surface area contributed by atoms with Gasteiger partial charge in [-0.2, -0.15) is 13.2 Å². The van der Waals surface area contributed by atoms with Gasteiger partial charge in [-0.1, -0.05) is 41.7 Å². The van der Waals surface area contributed by atoms with Gasteiger partial charge in [0, 0.05) is 23.5 Å². The minimum atomic E-state index is -4.25. The quantitative estimate of drug-likeness (QED) is 0.915. The normalized spacial score (nSPS) is 11.7. The number of benzene rings is 1. The topological polar surface area (TPSA) is 42.2 Å². The number of hydrogen-bond donors (Lipinski definition) is 1. The van der Waals surface area contributed by atoms with Gasteiger partial charge in [0.25, 0.3) is 0 Å². The predicted molar refractivity (Wildman–Crippen MR) is 79.4 cm³/mol. The van der Waals surface area contributed by atoms with Crippen molar-refractivity contribution < 1.29 is 13.2 Å². The third-order valence-corrected chi connectivity index (χ3v) is 4.08. The van der Waals surface area contributed by atoms with Crippen LogP contribution < -0.4 is 10.6 Å². The smallest absolute Gasteiger partial charge is 0.339 e. The Hall–Kier alpha value is -1.60. The van der Waals surface area contributed by atoms with Crippen LogP contribution >= 0.6 is 11.3 Å². The van der Waals surface area contributed by atoms with Crippen LogP contribution in [0.1, 0.15) is 11.8 Å². The van der Waals surface area contributed by atoms with Crippen LogP contribution in [0.5, 0.6) is 0 Å². The number of thiazole rings is 1. The van der Waals surface area contributed by atoms with E-state index in [9.17, 15) is 13.2 Å². The fraction of sp³-hybridized carbons (Fsp3) is 0.357. The van der Waals surface area contributed by atoms with Crippen LogP contribution in [-0.4, -0.2) is 24.2 Å². The molecule has 3 nitrogen and oxygen atoms in total. The molecule has 0 fully saturated rings. The average molecular weight is 315 g/mol. The molecule has 0 aliphatic rings. The molecule has 114 valence electrons. The van der Waals surface area contributed by atoms with Crippen LogP contribution in [0.15, 0.2) is 30.3 Å². The second-order valence-electron chi connectivity index (χ2n) is 4.47. The van der Waals surface area contributed by atoms with E-state index in [0.717, 1.165) is 10.4 Å². The van der Waals surface area contributed by atoms with E-state index in [1.165, 1.54) is 16.2 Å². The van der Waals surface area contributed by atoms with Crippen molar-refractivity contribution in [2.75, 3.05) is 18.0 Å². The molecule has 0 unspecified atom stereocenters. The summed E-state index contributed by atoms with van der Waals surface area (Å²) in [5.41, 5.74) is 7.23. The first-order chi connectivity index (χ1) is 9.94. The Morgan fingerprint density at radius 3 is 2.43 bits per heavy atom. The number of alkyl halides is 3. The summed E-state index contributed by atoms with van der Waals surface area (Å²) in [7, 11) is 0. The Labute approximate surface area is 125 Å². The predicted octanol–water partition coefficient (Wildman–Crippen LogP) is 3.66. The number of rotatable bonds is 5. The summed E-state index contributed by atoms with van der Waals surface area (Å²) in [6.45, 7) is 1.17. The zero-order valence-electron chi connectivity index (χ0n) is 11.5. The van der Waals surface area contributed by atoms with E-state index in [-0.39, 0.29) is 13.1 Å². The molecule has 21 heavy (non-hydrogen) atoms. The number of anilines is 1. The molecular weight excluding hydrogens is 299 g/mol. The number of nitrogens with two attached hydrogens (primary N) is 1. The molecule has 1 aromatic heterocycles. The van der Waals surface area contributed by atoms with Gasteiger partial charge in [0.15, 0.2) is 5.13 Å². The highest BCUT2D eigenvalue weighted by Crippen LogP contribution is 2.34. The highest BCUT2D eigenvalue weighted by Gasteiger charge is 2.31. The zero-order chi connectivity index (χ0) is 15.5. The molecule has 0 aliphatic carbocycles. The van der Waals surface area contributed by atoms with Crippen LogP contribution in [0.3, 0.4) is 0 Å². The molecule has 0 radical (unpaired) electrons. The molecule has 7 heteroatoms. The maximum Gasteiger partial charge on any atom is 0.406 e. The van der Waals surface area contributed by atoms with Crippen molar-refractivity contribution in [2.24, 2.45) is 5.73 Å². The molecule has 1 aromatic carbocycles. The molecule has 0 atom stereocenters. The number of aromatic nitrogens is 1. The van der Waals surface area contributed by atoms with E-state index in [2.05, 4.69) is 4.98 Å². The SMILES string of the molecule is CCN(CC(F)(F)F)c1nc(-c2ccccc2)c(CN)s1. The fourth-order valence-corrected chi connectivity index (χ4v) is 2.99. The lowest BCUT2D eigenvalue weighted by Crippen LogP contribution is -2.33. The Bertz CT molecular complexity index is 581. The Morgan fingerprint density at radius 1 is 1.24 bits per heavy atom. The Balaban J connectivity index is 2.36. The summed E-state index contributed by atoms with van der Waals surface area (Å²) in [4.78, 5) is 6.38. The summed E-state index contributed by atoms with van der Waals surface area (Å²) in [6, 6.07) is 9.35. The van der Waals surface area contributed by atoms with E-state index < -0.39 is 12.7 Å². The number of hydrogen-bond acceptors (Lipinski definition) is 4.